The van der Waals surface area contributed by atoms with Gasteiger partial charge >= 0.3 is 0 Å². The van der Waals surface area contributed by atoms with Gasteiger partial charge in [0.2, 0.25) is 5.91 Å². The number of anilines is 4. The third-order valence-corrected chi connectivity index (χ3v) is 4.25. The highest BCUT2D eigenvalue weighted by Crippen LogP contribution is 2.33. The highest BCUT2D eigenvalue weighted by Gasteiger charge is 2.16. The number of hydrogen-bond donors (Lipinski definition) is 3. The lowest BCUT2D eigenvalue weighted by Gasteiger charge is -2.20. The predicted molar refractivity (Wildman–Crippen MR) is 90.2 cm³/mol. The SMILES string of the molecule is Nc1cc2c(cc1Nc1ccccc1I)CCC(=O)N2. The van der Waals surface area contributed by atoms with Gasteiger partial charge in [-0.05, 0) is 58.8 Å². The summed E-state index contributed by atoms with van der Waals surface area (Å²) < 4.78 is 1.13. The first-order chi connectivity index (χ1) is 9.63. The summed E-state index contributed by atoms with van der Waals surface area (Å²) >= 11 is 2.28. The Balaban J connectivity index is 1.95. The Morgan fingerprint density at radius 1 is 1.15 bits per heavy atom. The van der Waals surface area contributed by atoms with Crippen molar-refractivity contribution in [2.45, 2.75) is 12.8 Å². The van der Waals surface area contributed by atoms with Crippen molar-refractivity contribution in [3.05, 3.63) is 45.5 Å². The molecule has 0 saturated carbocycles. The van der Waals surface area contributed by atoms with Crippen LogP contribution in [-0.4, -0.2) is 5.91 Å². The van der Waals surface area contributed by atoms with Gasteiger partial charge in [0.05, 0.1) is 17.1 Å². The van der Waals surface area contributed by atoms with E-state index in [0.717, 1.165) is 32.6 Å². The zero-order chi connectivity index (χ0) is 14.1. The molecule has 1 amide bonds. The summed E-state index contributed by atoms with van der Waals surface area (Å²) in [5, 5.41) is 6.21. The Hall–Kier alpha value is -1.76. The van der Waals surface area contributed by atoms with Crippen LogP contribution in [-0.2, 0) is 11.2 Å². The fourth-order valence-electron chi connectivity index (χ4n) is 2.26. The molecule has 0 saturated heterocycles. The van der Waals surface area contributed by atoms with Crippen molar-refractivity contribution in [1.82, 2.24) is 0 Å². The van der Waals surface area contributed by atoms with E-state index in [-0.39, 0.29) is 5.91 Å². The van der Waals surface area contributed by atoms with E-state index in [4.69, 9.17) is 5.73 Å². The van der Waals surface area contributed by atoms with Crippen molar-refractivity contribution in [1.29, 1.82) is 0 Å². The molecule has 4 nitrogen and oxygen atoms in total. The average molecular weight is 379 g/mol. The molecule has 0 unspecified atom stereocenters. The van der Waals surface area contributed by atoms with Crippen molar-refractivity contribution in [3.8, 4) is 0 Å². The van der Waals surface area contributed by atoms with Crippen LogP contribution in [0.3, 0.4) is 0 Å². The molecule has 4 N–H and O–H groups in total. The van der Waals surface area contributed by atoms with Crippen molar-refractivity contribution < 1.29 is 4.79 Å². The molecule has 2 aromatic carbocycles. The van der Waals surface area contributed by atoms with E-state index in [2.05, 4.69) is 33.2 Å². The van der Waals surface area contributed by atoms with Crippen molar-refractivity contribution >= 4 is 51.2 Å². The minimum atomic E-state index is 0.0511. The number of carbonyl (C=O) groups is 1. The van der Waals surface area contributed by atoms with E-state index in [1.807, 2.05) is 36.4 Å². The minimum Gasteiger partial charge on any atom is -0.397 e. The molecular formula is C15H14IN3O. The predicted octanol–water partition coefficient (Wildman–Crippen LogP) is 3.50. The first-order valence-corrected chi connectivity index (χ1v) is 7.45. The molecular weight excluding hydrogens is 365 g/mol. The van der Waals surface area contributed by atoms with Crippen molar-refractivity contribution in [2.24, 2.45) is 0 Å². The molecule has 1 aliphatic heterocycles. The van der Waals surface area contributed by atoms with Crippen LogP contribution in [0.4, 0.5) is 22.7 Å². The Morgan fingerprint density at radius 3 is 2.75 bits per heavy atom. The molecule has 2 aromatic rings. The molecule has 0 atom stereocenters. The van der Waals surface area contributed by atoms with Crippen LogP contribution in [0.1, 0.15) is 12.0 Å². The number of rotatable bonds is 2. The maximum Gasteiger partial charge on any atom is 0.224 e. The van der Waals surface area contributed by atoms with Crippen LogP contribution >= 0.6 is 22.6 Å². The van der Waals surface area contributed by atoms with Crippen LogP contribution in [0.5, 0.6) is 0 Å². The van der Waals surface area contributed by atoms with E-state index >= 15 is 0 Å². The van der Waals surface area contributed by atoms with Gasteiger partial charge in [0, 0.05) is 15.7 Å². The molecule has 0 aliphatic carbocycles. The second-order valence-electron chi connectivity index (χ2n) is 4.75. The molecule has 20 heavy (non-hydrogen) atoms. The van der Waals surface area contributed by atoms with Gasteiger partial charge in [-0.2, -0.15) is 0 Å². The first kappa shape index (κ1) is 13.2. The van der Waals surface area contributed by atoms with Crippen LogP contribution in [0.15, 0.2) is 36.4 Å². The summed E-state index contributed by atoms with van der Waals surface area (Å²) in [4.78, 5) is 11.4. The van der Waals surface area contributed by atoms with E-state index in [9.17, 15) is 4.79 Å². The van der Waals surface area contributed by atoms with Gasteiger partial charge in [0.1, 0.15) is 0 Å². The molecule has 0 fully saturated rings. The number of nitrogen functional groups attached to an aromatic ring is 1. The second kappa shape index (κ2) is 5.32. The van der Waals surface area contributed by atoms with Gasteiger partial charge < -0.3 is 16.4 Å². The van der Waals surface area contributed by atoms with Gasteiger partial charge in [-0.3, -0.25) is 4.79 Å². The molecule has 0 bridgehead atoms. The zero-order valence-electron chi connectivity index (χ0n) is 10.7. The number of fused-ring (bicyclic) bond motifs is 1. The van der Waals surface area contributed by atoms with E-state index in [1.54, 1.807) is 0 Å². The fraction of sp³-hybridized carbons (Fsp3) is 0.133. The zero-order valence-corrected chi connectivity index (χ0v) is 12.9. The number of hydrogen-bond acceptors (Lipinski definition) is 3. The summed E-state index contributed by atoms with van der Waals surface area (Å²) in [5.74, 6) is 0.0511. The highest BCUT2D eigenvalue weighted by molar-refractivity contribution is 14.1. The van der Waals surface area contributed by atoms with Crippen molar-refractivity contribution in [3.63, 3.8) is 0 Å². The molecule has 102 valence electrons. The highest BCUT2D eigenvalue weighted by atomic mass is 127. The number of nitrogens with two attached hydrogens (primary N) is 1. The first-order valence-electron chi connectivity index (χ1n) is 6.37. The molecule has 0 aromatic heterocycles. The number of carbonyl (C=O) groups excluding carboxylic acids is 1. The quantitative estimate of drug-likeness (QED) is 0.553. The summed E-state index contributed by atoms with van der Waals surface area (Å²) in [6, 6.07) is 11.9. The summed E-state index contributed by atoms with van der Waals surface area (Å²) in [6.07, 6.45) is 1.28. The van der Waals surface area contributed by atoms with Gasteiger partial charge in [-0.15, -0.1) is 0 Å². The molecule has 0 spiro atoms. The van der Waals surface area contributed by atoms with Crippen molar-refractivity contribution in [2.75, 3.05) is 16.4 Å². The number of amides is 1. The number of halogens is 1. The molecule has 5 heteroatoms. The number of para-hydroxylation sites is 1. The fourth-order valence-corrected chi connectivity index (χ4v) is 2.78. The van der Waals surface area contributed by atoms with Gasteiger partial charge in [-0.1, -0.05) is 12.1 Å². The lowest BCUT2D eigenvalue weighted by molar-refractivity contribution is -0.116. The van der Waals surface area contributed by atoms with Gasteiger partial charge in [0.15, 0.2) is 0 Å². The molecule has 1 heterocycles. The number of nitrogens with one attached hydrogen (secondary N) is 2. The molecule has 3 rings (SSSR count). The topological polar surface area (TPSA) is 67.1 Å². The Morgan fingerprint density at radius 2 is 1.95 bits per heavy atom. The Bertz CT molecular complexity index is 685. The van der Waals surface area contributed by atoms with E-state index in [0.29, 0.717) is 12.1 Å². The van der Waals surface area contributed by atoms with Gasteiger partial charge in [0.25, 0.3) is 0 Å². The minimum absolute atomic E-state index is 0.0511. The number of aryl methyl sites for hydroxylation is 1. The Kier molecular flexibility index (Phi) is 3.52. The van der Waals surface area contributed by atoms with E-state index < -0.39 is 0 Å². The summed E-state index contributed by atoms with van der Waals surface area (Å²) in [7, 11) is 0. The average Bonchev–Trinajstić information content (AvgIpc) is 2.42. The maximum absolute atomic E-state index is 11.4. The van der Waals surface area contributed by atoms with Gasteiger partial charge in [-0.25, -0.2) is 0 Å². The Labute approximate surface area is 130 Å². The van der Waals surface area contributed by atoms with E-state index in [1.165, 1.54) is 0 Å². The monoisotopic (exact) mass is 379 g/mol. The molecule has 0 radical (unpaired) electrons. The van der Waals surface area contributed by atoms with Crippen LogP contribution < -0.4 is 16.4 Å². The number of benzene rings is 2. The summed E-state index contributed by atoms with van der Waals surface area (Å²) in [6.45, 7) is 0. The van der Waals surface area contributed by atoms with Crippen LogP contribution in [0.2, 0.25) is 0 Å². The lowest BCUT2D eigenvalue weighted by atomic mass is 10.0. The standard InChI is InChI=1S/C15H14IN3O/c16-10-3-1-2-4-12(10)18-14-7-9-5-6-15(20)19-13(9)8-11(14)17/h1-4,7-8,18H,5-6,17H2,(H,19,20). The maximum atomic E-state index is 11.4. The largest absolute Gasteiger partial charge is 0.397 e. The second-order valence-corrected chi connectivity index (χ2v) is 5.91. The smallest absolute Gasteiger partial charge is 0.224 e. The lowest BCUT2D eigenvalue weighted by Crippen LogP contribution is -2.19. The van der Waals surface area contributed by atoms with Crippen LogP contribution in [0, 0.1) is 3.57 Å². The summed E-state index contributed by atoms with van der Waals surface area (Å²) in [5.41, 5.74) is 10.6. The van der Waals surface area contributed by atoms with Crippen LogP contribution in [0.25, 0.3) is 0 Å². The normalized spacial score (nSPS) is 13.6. The third-order valence-electron chi connectivity index (χ3n) is 3.31. The molecule has 1 aliphatic rings. The third kappa shape index (κ3) is 2.58.